The van der Waals surface area contributed by atoms with Gasteiger partial charge in [0.1, 0.15) is 5.82 Å². The zero-order valence-electron chi connectivity index (χ0n) is 18.4. The summed E-state index contributed by atoms with van der Waals surface area (Å²) in [6, 6.07) is 9.01. The number of ether oxygens (including phenoxy) is 2. The molecule has 2 aromatic carbocycles. The molecule has 1 N–H and O–H groups in total. The highest BCUT2D eigenvalue weighted by molar-refractivity contribution is 6.31. The summed E-state index contributed by atoms with van der Waals surface area (Å²) in [5.74, 6) is -0.0913. The summed E-state index contributed by atoms with van der Waals surface area (Å²) in [6.07, 6.45) is 2.31. The predicted octanol–water partition coefficient (Wildman–Crippen LogP) is 4.04. The maximum atomic E-state index is 14.2. The van der Waals surface area contributed by atoms with E-state index in [-0.39, 0.29) is 18.3 Å². The lowest BCUT2D eigenvalue weighted by Gasteiger charge is -2.30. The monoisotopic (exact) mass is 481 g/mol. The van der Waals surface area contributed by atoms with Gasteiger partial charge in [-0.25, -0.2) is 4.39 Å². The Hall–Kier alpha value is -3.65. The number of nitrogens with one attached hydrogen (secondary N) is 1. The third kappa shape index (κ3) is 4.17. The molecular formula is C25H21ClFN3O4. The molecule has 0 spiro atoms. The Morgan fingerprint density at radius 1 is 1.18 bits per heavy atom. The van der Waals surface area contributed by atoms with E-state index in [0.717, 1.165) is 22.4 Å². The van der Waals surface area contributed by atoms with Crippen LogP contribution in [0.4, 0.5) is 4.39 Å². The molecule has 0 bridgehead atoms. The minimum absolute atomic E-state index is 0.0489. The van der Waals surface area contributed by atoms with Crippen molar-refractivity contribution in [1.82, 2.24) is 15.2 Å². The molecule has 2 amide bonds. The second-order valence-electron chi connectivity index (χ2n) is 8.18. The SMILES string of the molecule is Cc1ncc2c(c1CNC(=O)c1ccc3c(c1)OCO3)CCN(C(=O)c1cc(Cl)ccc1F)C2. The number of benzene rings is 2. The maximum absolute atomic E-state index is 14.2. The Balaban J connectivity index is 1.32. The van der Waals surface area contributed by atoms with Crippen LogP contribution in [0.3, 0.4) is 0 Å². The lowest BCUT2D eigenvalue weighted by molar-refractivity contribution is 0.0729. The van der Waals surface area contributed by atoms with E-state index < -0.39 is 11.7 Å². The quantitative estimate of drug-likeness (QED) is 0.608. The molecule has 0 unspecified atom stereocenters. The average molecular weight is 482 g/mol. The Bertz CT molecular complexity index is 1310. The molecular weight excluding hydrogens is 461 g/mol. The van der Waals surface area contributed by atoms with E-state index in [2.05, 4.69) is 10.3 Å². The molecule has 2 aliphatic rings. The molecule has 5 rings (SSSR count). The first-order valence-electron chi connectivity index (χ1n) is 10.8. The van der Waals surface area contributed by atoms with Gasteiger partial charge in [-0.2, -0.15) is 0 Å². The minimum Gasteiger partial charge on any atom is -0.454 e. The van der Waals surface area contributed by atoms with Crippen molar-refractivity contribution in [2.45, 2.75) is 26.4 Å². The molecule has 34 heavy (non-hydrogen) atoms. The van der Waals surface area contributed by atoms with Gasteiger partial charge < -0.3 is 19.7 Å². The van der Waals surface area contributed by atoms with Gasteiger partial charge in [0.2, 0.25) is 6.79 Å². The van der Waals surface area contributed by atoms with Gasteiger partial charge in [0.05, 0.1) is 5.56 Å². The summed E-state index contributed by atoms with van der Waals surface area (Å²) in [4.78, 5) is 31.7. The topological polar surface area (TPSA) is 80.8 Å². The summed E-state index contributed by atoms with van der Waals surface area (Å²) in [7, 11) is 0. The number of fused-ring (bicyclic) bond motifs is 2. The first-order chi connectivity index (χ1) is 16.4. The van der Waals surface area contributed by atoms with Gasteiger partial charge >= 0.3 is 0 Å². The Morgan fingerprint density at radius 2 is 2.00 bits per heavy atom. The van der Waals surface area contributed by atoms with E-state index in [9.17, 15) is 14.0 Å². The minimum atomic E-state index is -0.603. The summed E-state index contributed by atoms with van der Waals surface area (Å²) < 4.78 is 24.8. The molecule has 3 heterocycles. The van der Waals surface area contributed by atoms with E-state index in [0.29, 0.717) is 48.1 Å². The van der Waals surface area contributed by atoms with E-state index in [1.54, 1.807) is 29.3 Å². The largest absolute Gasteiger partial charge is 0.454 e. The van der Waals surface area contributed by atoms with Crippen LogP contribution in [0, 0.1) is 12.7 Å². The van der Waals surface area contributed by atoms with Gasteiger partial charge in [-0.15, -0.1) is 0 Å². The molecule has 174 valence electrons. The van der Waals surface area contributed by atoms with Crippen LogP contribution in [0.5, 0.6) is 11.5 Å². The zero-order valence-corrected chi connectivity index (χ0v) is 19.1. The van der Waals surface area contributed by atoms with Crippen molar-refractivity contribution in [3.8, 4) is 11.5 Å². The van der Waals surface area contributed by atoms with Crippen LogP contribution in [0.25, 0.3) is 0 Å². The van der Waals surface area contributed by atoms with Gasteiger partial charge in [0, 0.05) is 42.1 Å². The fraction of sp³-hybridized carbons (Fsp3) is 0.240. The van der Waals surface area contributed by atoms with Gasteiger partial charge in [-0.05, 0) is 66.4 Å². The number of carbonyl (C=O) groups excluding carboxylic acids is 2. The van der Waals surface area contributed by atoms with Crippen molar-refractivity contribution < 1.29 is 23.5 Å². The third-order valence-electron chi connectivity index (χ3n) is 6.10. The second-order valence-corrected chi connectivity index (χ2v) is 8.61. The molecule has 3 aromatic rings. The number of rotatable bonds is 4. The molecule has 0 radical (unpaired) electrons. The number of aryl methyl sites for hydroxylation is 1. The zero-order chi connectivity index (χ0) is 23.8. The van der Waals surface area contributed by atoms with E-state index in [1.165, 1.54) is 18.2 Å². The van der Waals surface area contributed by atoms with Crippen molar-refractivity contribution in [3.63, 3.8) is 0 Å². The van der Waals surface area contributed by atoms with Crippen molar-refractivity contribution >= 4 is 23.4 Å². The summed E-state index contributed by atoms with van der Waals surface area (Å²) >= 11 is 5.96. The number of hydrogen-bond donors (Lipinski definition) is 1. The second kappa shape index (κ2) is 8.95. The molecule has 0 saturated carbocycles. The number of nitrogens with zero attached hydrogens (tertiary/aromatic N) is 2. The molecule has 0 aliphatic carbocycles. The maximum Gasteiger partial charge on any atom is 0.257 e. The van der Waals surface area contributed by atoms with E-state index >= 15 is 0 Å². The van der Waals surface area contributed by atoms with E-state index in [4.69, 9.17) is 21.1 Å². The standard InChI is InChI=1S/C25H21ClFN3O4/c1-14-20(11-29-24(31)15-2-5-22-23(8-15)34-13-33-22)18-6-7-30(12-16(18)10-28-14)25(32)19-9-17(26)3-4-21(19)27/h2-5,8-10H,6-7,11-13H2,1H3,(H,29,31). The van der Waals surface area contributed by atoms with Crippen LogP contribution in [0.15, 0.2) is 42.6 Å². The van der Waals surface area contributed by atoms with E-state index in [1.807, 2.05) is 6.92 Å². The molecule has 0 saturated heterocycles. The number of carbonyl (C=O) groups is 2. The van der Waals surface area contributed by atoms with Gasteiger partial charge in [-0.3, -0.25) is 14.6 Å². The van der Waals surface area contributed by atoms with Crippen LogP contribution in [0.2, 0.25) is 5.02 Å². The number of hydrogen-bond acceptors (Lipinski definition) is 5. The molecule has 7 nitrogen and oxygen atoms in total. The van der Waals surface area contributed by atoms with Crippen molar-refractivity contribution in [2.75, 3.05) is 13.3 Å². The Kier molecular flexibility index (Phi) is 5.83. The predicted molar refractivity (Wildman–Crippen MR) is 123 cm³/mol. The number of halogens is 2. The molecule has 2 aliphatic heterocycles. The first-order valence-corrected chi connectivity index (χ1v) is 11.2. The smallest absolute Gasteiger partial charge is 0.257 e. The number of aromatic nitrogens is 1. The Morgan fingerprint density at radius 3 is 2.85 bits per heavy atom. The normalized spacial score (nSPS) is 14.0. The lowest BCUT2D eigenvalue weighted by Crippen LogP contribution is -2.37. The van der Waals surface area contributed by atoms with Crippen LogP contribution < -0.4 is 14.8 Å². The average Bonchev–Trinajstić information content (AvgIpc) is 3.32. The van der Waals surface area contributed by atoms with Crippen LogP contribution in [-0.2, 0) is 19.5 Å². The van der Waals surface area contributed by atoms with Gasteiger partial charge in [0.25, 0.3) is 11.8 Å². The summed E-state index contributed by atoms with van der Waals surface area (Å²) in [5, 5.41) is 3.26. The lowest BCUT2D eigenvalue weighted by atomic mass is 9.94. The molecule has 0 fully saturated rings. The molecule has 9 heteroatoms. The summed E-state index contributed by atoms with van der Waals surface area (Å²) in [6.45, 7) is 3.05. The molecule has 1 aromatic heterocycles. The highest BCUT2D eigenvalue weighted by Gasteiger charge is 2.26. The van der Waals surface area contributed by atoms with Gasteiger partial charge in [-0.1, -0.05) is 11.6 Å². The van der Waals surface area contributed by atoms with Crippen LogP contribution >= 0.6 is 11.6 Å². The highest BCUT2D eigenvalue weighted by Crippen LogP contribution is 2.32. The van der Waals surface area contributed by atoms with Crippen LogP contribution in [-0.4, -0.2) is 35.0 Å². The number of amides is 2. The van der Waals surface area contributed by atoms with Gasteiger partial charge in [0.15, 0.2) is 11.5 Å². The van der Waals surface area contributed by atoms with Crippen LogP contribution in [0.1, 0.15) is 43.1 Å². The fourth-order valence-electron chi connectivity index (χ4n) is 4.27. The van der Waals surface area contributed by atoms with Crippen molar-refractivity contribution in [2.24, 2.45) is 0 Å². The Labute approximate surface area is 200 Å². The first kappa shape index (κ1) is 22.2. The summed E-state index contributed by atoms with van der Waals surface area (Å²) in [5.41, 5.74) is 4.08. The number of pyridine rings is 1. The third-order valence-corrected chi connectivity index (χ3v) is 6.34. The van der Waals surface area contributed by atoms with Crippen molar-refractivity contribution in [3.05, 3.63) is 86.9 Å². The molecule has 0 atom stereocenters. The van der Waals surface area contributed by atoms with Crippen molar-refractivity contribution in [1.29, 1.82) is 0 Å². The highest BCUT2D eigenvalue weighted by atomic mass is 35.5. The fourth-order valence-corrected chi connectivity index (χ4v) is 4.44.